The van der Waals surface area contributed by atoms with E-state index in [9.17, 15) is 8.42 Å². The lowest BCUT2D eigenvalue weighted by Crippen LogP contribution is -2.32. The van der Waals surface area contributed by atoms with Crippen LogP contribution < -0.4 is 5.32 Å². The van der Waals surface area contributed by atoms with Crippen LogP contribution in [0.4, 0.5) is 0 Å². The number of hydrogen-bond acceptors (Lipinski definition) is 5. The molecule has 0 aliphatic carbocycles. The van der Waals surface area contributed by atoms with Crippen LogP contribution in [0.5, 0.6) is 0 Å². The second-order valence-corrected chi connectivity index (χ2v) is 5.47. The van der Waals surface area contributed by atoms with E-state index >= 15 is 0 Å². The second-order valence-electron chi connectivity index (χ2n) is 3.42. The average molecular weight is 254 g/mol. The fraction of sp³-hybridized carbons (Fsp3) is 0.400. The Kier molecular flexibility index (Phi) is 4.57. The smallest absolute Gasteiger partial charge is 0.244 e. The van der Waals surface area contributed by atoms with Gasteiger partial charge >= 0.3 is 0 Å². The third-order valence-electron chi connectivity index (χ3n) is 2.24. The van der Waals surface area contributed by atoms with E-state index in [1.54, 1.807) is 7.05 Å². The quantitative estimate of drug-likeness (QED) is 0.786. The number of likely N-dealkylation sites (N-methyl/N-ethyl adjacent to an activating group) is 2. The minimum absolute atomic E-state index is 0.0927. The molecule has 0 spiro atoms. The maximum atomic E-state index is 12.0. The maximum absolute atomic E-state index is 12.0. The van der Waals surface area contributed by atoms with Gasteiger partial charge in [0.25, 0.3) is 0 Å². The molecule has 1 aromatic heterocycles. The molecular weight excluding hydrogens is 240 g/mol. The Morgan fingerprint density at radius 2 is 2.24 bits per heavy atom. The number of aromatic nitrogens is 1. The van der Waals surface area contributed by atoms with Crippen LogP contribution >= 0.6 is 0 Å². The number of sulfonamides is 1. The average Bonchev–Trinajstić information content (AvgIpc) is 2.35. The first-order valence-electron chi connectivity index (χ1n) is 4.99. The van der Waals surface area contributed by atoms with Crippen molar-refractivity contribution in [3.05, 3.63) is 24.0 Å². The number of pyridine rings is 1. The Balaban J connectivity index is 2.93. The first-order chi connectivity index (χ1) is 8.02. The molecular formula is C10H14N4O2S. The van der Waals surface area contributed by atoms with E-state index in [-0.39, 0.29) is 10.6 Å². The van der Waals surface area contributed by atoms with E-state index in [4.69, 9.17) is 5.26 Å². The molecule has 0 radical (unpaired) electrons. The van der Waals surface area contributed by atoms with Crippen LogP contribution in [-0.2, 0) is 10.0 Å². The van der Waals surface area contributed by atoms with E-state index in [0.29, 0.717) is 13.1 Å². The van der Waals surface area contributed by atoms with Crippen molar-refractivity contribution >= 4 is 10.0 Å². The summed E-state index contributed by atoms with van der Waals surface area (Å²) in [7, 11) is -0.256. The zero-order valence-corrected chi connectivity index (χ0v) is 10.5. The summed E-state index contributed by atoms with van der Waals surface area (Å²) < 4.78 is 25.3. The van der Waals surface area contributed by atoms with Gasteiger partial charge in [-0.2, -0.15) is 9.57 Å². The second kappa shape index (κ2) is 5.72. The van der Waals surface area contributed by atoms with E-state index in [1.165, 1.54) is 29.7 Å². The zero-order chi connectivity index (χ0) is 12.9. The van der Waals surface area contributed by atoms with Gasteiger partial charge in [-0.1, -0.05) is 0 Å². The van der Waals surface area contributed by atoms with Crippen molar-refractivity contribution in [2.75, 3.05) is 27.2 Å². The highest BCUT2D eigenvalue weighted by atomic mass is 32.2. The van der Waals surface area contributed by atoms with Crippen LogP contribution in [0.2, 0.25) is 0 Å². The summed E-state index contributed by atoms with van der Waals surface area (Å²) in [4.78, 5) is 3.84. The highest BCUT2D eigenvalue weighted by Gasteiger charge is 2.20. The number of hydrogen-bond donors (Lipinski definition) is 1. The van der Waals surface area contributed by atoms with Crippen molar-refractivity contribution in [3.63, 3.8) is 0 Å². The molecule has 1 N–H and O–H groups in total. The Bertz CT molecular complexity index is 504. The van der Waals surface area contributed by atoms with Crippen LogP contribution in [0.25, 0.3) is 0 Å². The van der Waals surface area contributed by atoms with Gasteiger partial charge in [-0.05, 0) is 19.2 Å². The fourth-order valence-electron chi connectivity index (χ4n) is 1.17. The standard InChI is InChI=1S/C10H14N4O2S/c1-12-5-6-14(2)17(15,16)10-4-3-9(7-11)13-8-10/h3-4,8,12H,5-6H2,1-2H3. The lowest BCUT2D eigenvalue weighted by molar-refractivity contribution is 0.465. The van der Waals surface area contributed by atoms with Crippen molar-refractivity contribution in [2.24, 2.45) is 0 Å². The van der Waals surface area contributed by atoms with E-state index in [2.05, 4.69) is 10.3 Å². The van der Waals surface area contributed by atoms with Crippen molar-refractivity contribution in [1.29, 1.82) is 5.26 Å². The molecule has 0 aliphatic rings. The van der Waals surface area contributed by atoms with Gasteiger partial charge < -0.3 is 5.32 Å². The molecule has 0 fully saturated rings. The SMILES string of the molecule is CNCCN(C)S(=O)(=O)c1ccc(C#N)nc1. The summed E-state index contributed by atoms with van der Waals surface area (Å²) in [6.07, 6.45) is 1.20. The molecule has 0 atom stereocenters. The molecule has 0 saturated carbocycles. The van der Waals surface area contributed by atoms with Gasteiger partial charge in [-0.15, -0.1) is 0 Å². The highest BCUT2D eigenvalue weighted by Crippen LogP contribution is 2.12. The minimum atomic E-state index is -3.51. The predicted molar refractivity (Wildman–Crippen MR) is 62.7 cm³/mol. The third kappa shape index (κ3) is 3.23. The van der Waals surface area contributed by atoms with Crippen LogP contribution in [0.1, 0.15) is 5.69 Å². The molecule has 17 heavy (non-hydrogen) atoms. The lowest BCUT2D eigenvalue weighted by Gasteiger charge is -2.16. The molecule has 1 aromatic rings. The van der Waals surface area contributed by atoms with Gasteiger partial charge in [0, 0.05) is 26.3 Å². The molecule has 0 saturated heterocycles. The van der Waals surface area contributed by atoms with Crippen molar-refractivity contribution in [2.45, 2.75) is 4.90 Å². The highest BCUT2D eigenvalue weighted by molar-refractivity contribution is 7.89. The number of rotatable bonds is 5. The summed E-state index contributed by atoms with van der Waals surface area (Å²) in [5.41, 5.74) is 0.196. The molecule has 0 bridgehead atoms. The Labute approximate surface area is 101 Å². The molecule has 1 heterocycles. The van der Waals surface area contributed by atoms with Gasteiger partial charge in [0.05, 0.1) is 0 Å². The first kappa shape index (κ1) is 13.6. The van der Waals surface area contributed by atoms with Crippen LogP contribution in [0, 0.1) is 11.3 Å². The lowest BCUT2D eigenvalue weighted by atomic mass is 10.4. The number of nitriles is 1. The summed E-state index contributed by atoms with van der Waals surface area (Å²) >= 11 is 0. The Morgan fingerprint density at radius 1 is 1.53 bits per heavy atom. The minimum Gasteiger partial charge on any atom is -0.318 e. The van der Waals surface area contributed by atoms with Crippen LogP contribution in [-0.4, -0.2) is 44.9 Å². The third-order valence-corrected chi connectivity index (χ3v) is 4.08. The maximum Gasteiger partial charge on any atom is 0.244 e. The van der Waals surface area contributed by atoms with Crippen LogP contribution in [0.3, 0.4) is 0 Å². The van der Waals surface area contributed by atoms with Crippen molar-refractivity contribution in [3.8, 4) is 6.07 Å². The van der Waals surface area contributed by atoms with E-state index in [1.807, 2.05) is 6.07 Å². The van der Waals surface area contributed by atoms with Gasteiger partial charge in [0.15, 0.2) is 0 Å². The molecule has 1 rings (SSSR count). The molecule has 7 heteroatoms. The molecule has 0 aromatic carbocycles. The monoisotopic (exact) mass is 254 g/mol. The van der Waals surface area contributed by atoms with E-state index < -0.39 is 10.0 Å². The largest absolute Gasteiger partial charge is 0.318 e. The summed E-state index contributed by atoms with van der Waals surface area (Å²) in [6, 6.07) is 4.61. The number of nitrogens with one attached hydrogen (secondary N) is 1. The topological polar surface area (TPSA) is 86.1 Å². The molecule has 6 nitrogen and oxygen atoms in total. The summed E-state index contributed by atoms with van der Waals surface area (Å²) in [5.74, 6) is 0. The number of nitrogens with zero attached hydrogens (tertiary/aromatic N) is 3. The van der Waals surface area contributed by atoms with Crippen molar-refractivity contribution < 1.29 is 8.42 Å². The van der Waals surface area contributed by atoms with Gasteiger partial charge in [0.1, 0.15) is 16.7 Å². The van der Waals surface area contributed by atoms with E-state index in [0.717, 1.165) is 0 Å². The fourth-order valence-corrected chi connectivity index (χ4v) is 2.29. The van der Waals surface area contributed by atoms with Crippen LogP contribution in [0.15, 0.2) is 23.2 Å². The Hall–Kier alpha value is -1.49. The van der Waals surface area contributed by atoms with Gasteiger partial charge in [0.2, 0.25) is 10.0 Å². The first-order valence-corrected chi connectivity index (χ1v) is 6.43. The molecule has 0 aliphatic heterocycles. The predicted octanol–water partition coefficient (Wildman–Crippen LogP) is -0.207. The zero-order valence-electron chi connectivity index (χ0n) is 9.71. The normalized spacial score (nSPS) is 11.4. The van der Waals surface area contributed by atoms with Crippen molar-refractivity contribution in [1.82, 2.24) is 14.6 Å². The molecule has 92 valence electrons. The molecule has 0 unspecified atom stereocenters. The van der Waals surface area contributed by atoms with Gasteiger partial charge in [-0.3, -0.25) is 0 Å². The Morgan fingerprint density at radius 3 is 2.71 bits per heavy atom. The summed E-state index contributed by atoms with van der Waals surface area (Å²) in [6.45, 7) is 0.943. The summed E-state index contributed by atoms with van der Waals surface area (Å²) in [5, 5.41) is 11.5. The van der Waals surface area contributed by atoms with Gasteiger partial charge in [-0.25, -0.2) is 13.4 Å². The molecule has 0 amide bonds.